The summed E-state index contributed by atoms with van der Waals surface area (Å²) in [5.74, 6) is 3.12. The molecule has 0 bridgehead atoms. The number of hydrogen-bond acceptors (Lipinski definition) is 7. The van der Waals surface area contributed by atoms with Gasteiger partial charge < -0.3 is 4.90 Å². The first-order chi connectivity index (χ1) is 12.9. The van der Waals surface area contributed by atoms with Crippen molar-refractivity contribution in [1.82, 2.24) is 29.6 Å². The van der Waals surface area contributed by atoms with Crippen LogP contribution in [0.15, 0.2) is 18.6 Å². The molecular formula is C16H22F3N7S. The van der Waals surface area contributed by atoms with Gasteiger partial charge in [0.1, 0.15) is 5.69 Å². The molecule has 0 spiro atoms. The third kappa shape index (κ3) is 5.55. The van der Waals surface area contributed by atoms with Crippen molar-refractivity contribution in [3.63, 3.8) is 0 Å². The quantitative estimate of drug-likeness (QED) is 0.705. The fourth-order valence-electron chi connectivity index (χ4n) is 2.85. The number of hydrogen-bond donors (Lipinski definition) is 0. The molecule has 2 aromatic heterocycles. The van der Waals surface area contributed by atoms with Gasteiger partial charge in [0.05, 0.1) is 12.6 Å². The van der Waals surface area contributed by atoms with E-state index >= 15 is 0 Å². The van der Waals surface area contributed by atoms with Gasteiger partial charge >= 0.3 is 6.18 Å². The lowest BCUT2D eigenvalue weighted by atomic mass is 10.3. The molecule has 1 aliphatic heterocycles. The molecule has 0 aliphatic carbocycles. The number of thioether (sulfide) groups is 1. The first-order valence-electron chi connectivity index (χ1n) is 8.71. The minimum Gasteiger partial charge on any atom is -0.344 e. The molecule has 27 heavy (non-hydrogen) atoms. The van der Waals surface area contributed by atoms with Crippen LogP contribution in [0.2, 0.25) is 0 Å². The molecule has 2 aromatic rings. The molecule has 148 valence electrons. The maximum Gasteiger partial charge on any atom is 0.390 e. The van der Waals surface area contributed by atoms with Gasteiger partial charge in [0.15, 0.2) is 5.82 Å². The molecule has 1 aliphatic rings. The first-order valence-corrected chi connectivity index (χ1v) is 9.87. The number of nitrogens with zero attached hydrogens (tertiary/aromatic N) is 7. The van der Waals surface area contributed by atoms with E-state index in [1.807, 2.05) is 16.3 Å². The van der Waals surface area contributed by atoms with Crippen LogP contribution < -0.4 is 4.90 Å². The average molecular weight is 401 g/mol. The zero-order valence-corrected chi connectivity index (χ0v) is 15.9. The Kier molecular flexibility index (Phi) is 6.53. The van der Waals surface area contributed by atoms with E-state index in [1.165, 1.54) is 4.90 Å². The Morgan fingerprint density at radius 2 is 1.93 bits per heavy atom. The van der Waals surface area contributed by atoms with Crippen LogP contribution >= 0.6 is 11.8 Å². The molecule has 3 rings (SSSR count). The molecule has 0 amide bonds. The lowest BCUT2D eigenvalue weighted by Crippen LogP contribution is -2.35. The SMILES string of the molecule is CN(CCC(F)(F)F)c1nnc(-c2cnccn2)n1CCN1CCSCC1. The van der Waals surface area contributed by atoms with Crippen molar-refractivity contribution in [2.75, 3.05) is 49.6 Å². The zero-order valence-electron chi connectivity index (χ0n) is 15.1. The highest BCUT2D eigenvalue weighted by Crippen LogP contribution is 2.24. The Morgan fingerprint density at radius 3 is 2.59 bits per heavy atom. The van der Waals surface area contributed by atoms with E-state index in [4.69, 9.17) is 0 Å². The fraction of sp³-hybridized carbons (Fsp3) is 0.625. The normalized spacial score (nSPS) is 15.9. The third-order valence-corrected chi connectivity index (χ3v) is 5.28. The van der Waals surface area contributed by atoms with E-state index in [-0.39, 0.29) is 6.54 Å². The lowest BCUT2D eigenvalue weighted by molar-refractivity contribution is -0.132. The second-order valence-electron chi connectivity index (χ2n) is 6.31. The van der Waals surface area contributed by atoms with Gasteiger partial charge in [-0.25, -0.2) is 4.98 Å². The Balaban J connectivity index is 1.80. The minimum atomic E-state index is -4.21. The molecule has 0 atom stereocenters. The molecule has 1 saturated heterocycles. The van der Waals surface area contributed by atoms with Gasteiger partial charge in [0, 0.05) is 63.7 Å². The van der Waals surface area contributed by atoms with Crippen molar-refractivity contribution < 1.29 is 13.2 Å². The fourth-order valence-corrected chi connectivity index (χ4v) is 3.83. The lowest BCUT2D eigenvalue weighted by Gasteiger charge is -2.27. The number of halogens is 3. The number of aromatic nitrogens is 5. The molecule has 11 heteroatoms. The average Bonchev–Trinajstić information content (AvgIpc) is 3.09. The summed E-state index contributed by atoms with van der Waals surface area (Å²) in [4.78, 5) is 12.2. The van der Waals surface area contributed by atoms with E-state index in [0.717, 1.165) is 31.1 Å². The van der Waals surface area contributed by atoms with Gasteiger partial charge in [-0.15, -0.1) is 10.2 Å². The van der Waals surface area contributed by atoms with Gasteiger partial charge in [0.25, 0.3) is 0 Å². The van der Waals surface area contributed by atoms with Crippen LogP contribution in [0.25, 0.3) is 11.5 Å². The van der Waals surface area contributed by atoms with E-state index in [9.17, 15) is 13.2 Å². The summed E-state index contributed by atoms with van der Waals surface area (Å²) in [5, 5.41) is 8.32. The van der Waals surface area contributed by atoms with Crippen molar-refractivity contribution in [3.05, 3.63) is 18.6 Å². The van der Waals surface area contributed by atoms with Crippen molar-refractivity contribution >= 4 is 17.7 Å². The topological polar surface area (TPSA) is 63.0 Å². The van der Waals surface area contributed by atoms with Gasteiger partial charge in [-0.3, -0.25) is 14.5 Å². The summed E-state index contributed by atoms with van der Waals surface area (Å²) >= 11 is 1.93. The Morgan fingerprint density at radius 1 is 1.15 bits per heavy atom. The summed E-state index contributed by atoms with van der Waals surface area (Å²) in [5.41, 5.74) is 0.551. The standard InChI is InChI=1S/C16H22F3N7S/c1-24(5-2-16(17,18)19)15-23-22-14(13-12-20-3-4-21-13)26(15)7-6-25-8-10-27-11-9-25/h3-4,12H,2,5-11H2,1H3. The van der Waals surface area contributed by atoms with Crippen LogP contribution in [0.4, 0.5) is 19.1 Å². The highest BCUT2D eigenvalue weighted by atomic mass is 32.2. The summed E-state index contributed by atoms with van der Waals surface area (Å²) in [6, 6.07) is 0. The second kappa shape index (κ2) is 8.87. The molecule has 0 radical (unpaired) electrons. The third-order valence-electron chi connectivity index (χ3n) is 4.34. The first kappa shape index (κ1) is 19.9. The van der Waals surface area contributed by atoms with Crippen LogP contribution in [0.1, 0.15) is 6.42 Å². The molecule has 1 fully saturated rings. The molecule has 0 N–H and O–H groups in total. The molecular weight excluding hydrogens is 379 g/mol. The minimum absolute atomic E-state index is 0.178. The summed E-state index contributed by atoms with van der Waals surface area (Å²) in [7, 11) is 1.60. The second-order valence-corrected chi connectivity index (χ2v) is 7.53. The highest BCUT2D eigenvalue weighted by Gasteiger charge is 2.28. The maximum absolute atomic E-state index is 12.6. The summed E-state index contributed by atoms with van der Waals surface area (Å²) < 4.78 is 39.6. The molecule has 0 unspecified atom stereocenters. The smallest absolute Gasteiger partial charge is 0.344 e. The molecule has 3 heterocycles. The molecule has 0 aromatic carbocycles. The monoisotopic (exact) mass is 401 g/mol. The summed E-state index contributed by atoms with van der Waals surface area (Å²) in [6.07, 6.45) is -0.411. The largest absolute Gasteiger partial charge is 0.390 e. The number of rotatable bonds is 7. The van der Waals surface area contributed by atoms with E-state index in [0.29, 0.717) is 24.0 Å². The Labute approximate surface area is 160 Å². The molecule has 0 saturated carbocycles. The zero-order chi connectivity index (χ0) is 19.3. The number of alkyl halides is 3. The van der Waals surface area contributed by atoms with E-state index < -0.39 is 12.6 Å². The maximum atomic E-state index is 12.6. The van der Waals surface area contributed by atoms with E-state index in [1.54, 1.807) is 25.6 Å². The van der Waals surface area contributed by atoms with E-state index in [2.05, 4.69) is 25.1 Å². The Hall–Kier alpha value is -1.88. The van der Waals surface area contributed by atoms with Gasteiger partial charge in [0.2, 0.25) is 5.95 Å². The predicted octanol–water partition coefficient (Wildman–Crippen LogP) is 2.17. The highest BCUT2D eigenvalue weighted by molar-refractivity contribution is 7.99. The van der Waals surface area contributed by atoms with Crippen molar-refractivity contribution in [3.8, 4) is 11.5 Å². The van der Waals surface area contributed by atoms with Crippen molar-refractivity contribution in [2.24, 2.45) is 0 Å². The van der Waals surface area contributed by atoms with Crippen LogP contribution in [0.5, 0.6) is 0 Å². The van der Waals surface area contributed by atoms with Crippen LogP contribution in [0.3, 0.4) is 0 Å². The van der Waals surface area contributed by atoms with Crippen LogP contribution in [0, 0.1) is 0 Å². The molecule has 7 nitrogen and oxygen atoms in total. The van der Waals surface area contributed by atoms with Gasteiger partial charge in [-0.05, 0) is 0 Å². The van der Waals surface area contributed by atoms with Gasteiger partial charge in [-0.1, -0.05) is 0 Å². The van der Waals surface area contributed by atoms with Crippen molar-refractivity contribution in [2.45, 2.75) is 19.1 Å². The van der Waals surface area contributed by atoms with Crippen molar-refractivity contribution in [1.29, 1.82) is 0 Å². The Bertz CT molecular complexity index is 717. The predicted molar refractivity (Wildman–Crippen MR) is 98.8 cm³/mol. The van der Waals surface area contributed by atoms with Crippen LogP contribution in [-0.4, -0.2) is 80.5 Å². The number of anilines is 1. The van der Waals surface area contributed by atoms with Crippen LogP contribution in [-0.2, 0) is 6.54 Å². The van der Waals surface area contributed by atoms with Gasteiger partial charge in [-0.2, -0.15) is 24.9 Å². The summed E-state index contributed by atoms with van der Waals surface area (Å²) in [6.45, 7) is 3.20.